The summed E-state index contributed by atoms with van der Waals surface area (Å²) in [5, 5.41) is 13.8. The summed E-state index contributed by atoms with van der Waals surface area (Å²) in [6.45, 7) is 4.58. The van der Waals surface area contributed by atoms with Gasteiger partial charge >= 0.3 is 0 Å². The second-order valence-electron chi connectivity index (χ2n) is 6.65. The highest BCUT2D eigenvalue weighted by atomic mass is 16.5. The zero-order valence-corrected chi connectivity index (χ0v) is 14.8. The molecule has 2 aromatic rings. The predicted octanol–water partition coefficient (Wildman–Crippen LogP) is 1.53. The Balaban J connectivity index is 1.71. The standard InChI is InChI=1S/C18H24N4O3/c1-12(21(3)10-14-7-5-4-6-8-14)18(24)22-11-15(23)9-16(22)17-19-13(2)20-25-17/h4-8,12,15-16,23H,9-11H2,1-3H3/t12?,15-,16+/m0/s1. The van der Waals surface area contributed by atoms with Gasteiger partial charge in [-0.3, -0.25) is 9.69 Å². The van der Waals surface area contributed by atoms with E-state index in [0.717, 1.165) is 5.56 Å². The molecule has 1 N–H and O–H groups in total. The zero-order valence-electron chi connectivity index (χ0n) is 14.8. The largest absolute Gasteiger partial charge is 0.391 e. The van der Waals surface area contributed by atoms with Gasteiger partial charge in [0.2, 0.25) is 11.8 Å². The number of carbonyl (C=O) groups excluding carboxylic acids is 1. The molecule has 7 heteroatoms. The van der Waals surface area contributed by atoms with Crippen molar-refractivity contribution in [1.82, 2.24) is 19.9 Å². The van der Waals surface area contributed by atoms with Crippen molar-refractivity contribution in [2.75, 3.05) is 13.6 Å². The third-order valence-corrected chi connectivity index (χ3v) is 4.68. The van der Waals surface area contributed by atoms with Gasteiger partial charge < -0.3 is 14.5 Å². The van der Waals surface area contributed by atoms with E-state index in [2.05, 4.69) is 10.1 Å². The van der Waals surface area contributed by atoms with Gasteiger partial charge in [-0.1, -0.05) is 35.5 Å². The number of aromatic nitrogens is 2. The van der Waals surface area contributed by atoms with Crippen molar-refractivity contribution in [3.63, 3.8) is 0 Å². The SMILES string of the molecule is Cc1noc([C@H]2C[C@H](O)CN2C(=O)C(C)N(C)Cc2ccccc2)n1. The van der Waals surface area contributed by atoms with Crippen LogP contribution in [0.25, 0.3) is 0 Å². The summed E-state index contributed by atoms with van der Waals surface area (Å²) >= 11 is 0. The van der Waals surface area contributed by atoms with E-state index in [0.29, 0.717) is 24.7 Å². The van der Waals surface area contributed by atoms with E-state index in [1.165, 1.54) is 0 Å². The lowest BCUT2D eigenvalue weighted by Crippen LogP contribution is -2.45. The van der Waals surface area contributed by atoms with Crippen LogP contribution >= 0.6 is 0 Å². The van der Waals surface area contributed by atoms with Crippen LogP contribution in [0.1, 0.15) is 36.7 Å². The molecule has 0 aliphatic carbocycles. The van der Waals surface area contributed by atoms with Gasteiger partial charge in [0.15, 0.2) is 5.82 Å². The Morgan fingerprint density at radius 1 is 1.44 bits per heavy atom. The Morgan fingerprint density at radius 2 is 2.16 bits per heavy atom. The van der Waals surface area contributed by atoms with E-state index in [1.54, 1.807) is 11.8 Å². The Morgan fingerprint density at radius 3 is 2.80 bits per heavy atom. The average Bonchev–Trinajstić information content (AvgIpc) is 3.20. The fourth-order valence-corrected chi connectivity index (χ4v) is 3.18. The second-order valence-corrected chi connectivity index (χ2v) is 6.65. The van der Waals surface area contributed by atoms with Crippen LogP contribution in [0.15, 0.2) is 34.9 Å². The number of hydrogen-bond donors (Lipinski definition) is 1. The van der Waals surface area contributed by atoms with Gasteiger partial charge in [0.05, 0.1) is 12.1 Å². The van der Waals surface area contributed by atoms with E-state index >= 15 is 0 Å². The molecule has 1 fully saturated rings. The lowest BCUT2D eigenvalue weighted by Gasteiger charge is -2.30. The third kappa shape index (κ3) is 3.88. The summed E-state index contributed by atoms with van der Waals surface area (Å²) in [5.41, 5.74) is 1.15. The molecule has 0 radical (unpaired) electrons. The van der Waals surface area contributed by atoms with E-state index in [-0.39, 0.29) is 24.5 Å². The van der Waals surface area contributed by atoms with Gasteiger partial charge in [-0.05, 0) is 26.5 Å². The summed E-state index contributed by atoms with van der Waals surface area (Å²) in [6.07, 6.45) is -0.157. The van der Waals surface area contributed by atoms with Gasteiger partial charge in [-0.25, -0.2) is 0 Å². The maximum Gasteiger partial charge on any atom is 0.249 e. The van der Waals surface area contributed by atoms with Gasteiger partial charge in [0.1, 0.15) is 6.04 Å². The summed E-state index contributed by atoms with van der Waals surface area (Å²) < 4.78 is 5.23. The van der Waals surface area contributed by atoms with E-state index in [9.17, 15) is 9.90 Å². The summed E-state index contributed by atoms with van der Waals surface area (Å²) in [6, 6.07) is 9.34. The Hall–Kier alpha value is -2.25. The first-order valence-corrected chi connectivity index (χ1v) is 8.48. The maximum absolute atomic E-state index is 13.0. The van der Waals surface area contributed by atoms with Crippen molar-refractivity contribution in [1.29, 1.82) is 0 Å². The van der Waals surface area contributed by atoms with E-state index < -0.39 is 6.10 Å². The zero-order chi connectivity index (χ0) is 18.0. The van der Waals surface area contributed by atoms with Crippen molar-refractivity contribution >= 4 is 5.91 Å². The van der Waals surface area contributed by atoms with E-state index in [1.807, 2.05) is 49.2 Å². The first-order chi connectivity index (χ1) is 12.0. The summed E-state index contributed by atoms with van der Waals surface area (Å²) in [5.74, 6) is 0.870. The lowest BCUT2D eigenvalue weighted by molar-refractivity contribution is -0.137. The van der Waals surface area contributed by atoms with Crippen molar-refractivity contribution in [3.05, 3.63) is 47.6 Å². The maximum atomic E-state index is 13.0. The number of rotatable bonds is 5. The van der Waals surface area contributed by atoms with Crippen LogP contribution in [0, 0.1) is 6.92 Å². The van der Waals surface area contributed by atoms with Crippen LogP contribution in [0.2, 0.25) is 0 Å². The number of carbonyl (C=O) groups is 1. The predicted molar refractivity (Wildman–Crippen MR) is 91.5 cm³/mol. The molecule has 0 saturated carbocycles. The molecule has 1 aromatic carbocycles. The number of nitrogens with zero attached hydrogens (tertiary/aromatic N) is 4. The van der Waals surface area contributed by atoms with Crippen LogP contribution in [-0.4, -0.2) is 56.7 Å². The van der Waals surface area contributed by atoms with E-state index in [4.69, 9.17) is 4.52 Å². The first-order valence-electron chi connectivity index (χ1n) is 8.48. The molecular weight excluding hydrogens is 320 g/mol. The van der Waals surface area contributed by atoms with Crippen molar-refractivity contribution < 1.29 is 14.4 Å². The molecule has 0 spiro atoms. The Kier molecular flexibility index (Phi) is 5.15. The van der Waals surface area contributed by atoms with Crippen molar-refractivity contribution in [2.45, 2.75) is 45.0 Å². The molecule has 1 saturated heterocycles. The number of amides is 1. The topological polar surface area (TPSA) is 82.7 Å². The molecule has 1 aliphatic heterocycles. The molecule has 0 bridgehead atoms. The smallest absolute Gasteiger partial charge is 0.249 e. The van der Waals surface area contributed by atoms with Crippen molar-refractivity contribution in [2.24, 2.45) is 0 Å². The highest BCUT2D eigenvalue weighted by molar-refractivity contribution is 5.82. The molecule has 1 amide bonds. The molecule has 3 rings (SSSR count). The molecule has 1 aliphatic rings. The molecular formula is C18H24N4O3. The minimum absolute atomic E-state index is 0.0455. The second kappa shape index (κ2) is 7.33. The Bertz CT molecular complexity index is 718. The molecule has 1 unspecified atom stereocenters. The van der Waals surface area contributed by atoms with Gasteiger partial charge in [0.25, 0.3) is 0 Å². The summed E-state index contributed by atoms with van der Waals surface area (Å²) in [7, 11) is 1.92. The van der Waals surface area contributed by atoms with Crippen LogP contribution in [0.5, 0.6) is 0 Å². The lowest BCUT2D eigenvalue weighted by atomic mass is 10.1. The highest BCUT2D eigenvalue weighted by Gasteiger charge is 2.40. The number of aryl methyl sites for hydroxylation is 1. The van der Waals surface area contributed by atoms with Gasteiger partial charge in [-0.15, -0.1) is 0 Å². The third-order valence-electron chi connectivity index (χ3n) is 4.68. The Labute approximate surface area is 147 Å². The van der Waals surface area contributed by atoms with Gasteiger partial charge in [0, 0.05) is 19.5 Å². The molecule has 2 heterocycles. The van der Waals surface area contributed by atoms with Crippen molar-refractivity contribution in [3.8, 4) is 0 Å². The quantitative estimate of drug-likeness (QED) is 0.886. The number of β-amino-alcohol motifs (C(OH)–C–C–N with tert-alkyl or cyclic N) is 1. The number of aliphatic hydroxyl groups is 1. The molecule has 3 atom stereocenters. The molecule has 7 nitrogen and oxygen atoms in total. The summed E-state index contributed by atoms with van der Waals surface area (Å²) in [4.78, 5) is 20.9. The minimum Gasteiger partial charge on any atom is -0.391 e. The number of aliphatic hydroxyl groups excluding tert-OH is 1. The fourth-order valence-electron chi connectivity index (χ4n) is 3.18. The molecule has 25 heavy (non-hydrogen) atoms. The van der Waals surface area contributed by atoms with Crippen LogP contribution in [-0.2, 0) is 11.3 Å². The molecule has 1 aromatic heterocycles. The van der Waals surface area contributed by atoms with Crippen LogP contribution in [0.4, 0.5) is 0 Å². The van der Waals surface area contributed by atoms with Gasteiger partial charge in [-0.2, -0.15) is 4.98 Å². The number of likely N-dealkylation sites (N-methyl/N-ethyl adjacent to an activating group) is 1. The van der Waals surface area contributed by atoms with Crippen LogP contribution in [0.3, 0.4) is 0 Å². The number of hydrogen-bond acceptors (Lipinski definition) is 6. The minimum atomic E-state index is -0.576. The molecule has 134 valence electrons. The normalized spacial score (nSPS) is 21.7. The highest BCUT2D eigenvalue weighted by Crippen LogP contribution is 2.32. The van der Waals surface area contributed by atoms with Crippen LogP contribution < -0.4 is 0 Å². The number of likely N-dealkylation sites (tertiary alicyclic amines) is 1. The average molecular weight is 344 g/mol. The monoisotopic (exact) mass is 344 g/mol. The number of benzene rings is 1. The fraction of sp³-hybridized carbons (Fsp3) is 0.500. The first kappa shape index (κ1) is 17.6.